The summed E-state index contributed by atoms with van der Waals surface area (Å²) < 4.78 is 22.7. The first kappa shape index (κ1) is 14.4. The Morgan fingerprint density at radius 3 is 2.76 bits per heavy atom. The lowest BCUT2D eigenvalue weighted by atomic mass is 10.2. The molecule has 1 saturated heterocycles. The molecule has 0 bridgehead atoms. The van der Waals surface area contributed by atoms with Gasteiger partial charge in [-0.05, 0) is 26.4 Å². The van der Waals surface area contributed by atoms with Gasteiger partial charge in [0.05, 0.1) is 17.6 Å². The Bertz CT molecular complexity index is 375. The van der Waals surface area contributed by atoms with Crippen molar-refractivity contribution in [2.75, 3.05) is 31.6 Å². The molecule has 98 valence electrons. The van der Waals surface area contributed by atoms with E-state index in [9.17, 15) is 8.42 Å². The molecule has 0 saturated carbocycles. The predicted molar refractivity (Wildman–Crippen MR) is 67.4 cm³/mol. The van der Waals surface area contributed by atoms with Gasteiger partial charge in [-0.2, -0.15) is 5.26 Å². The molecule has 1 aliphatic heterocycles. The van der Waals surface area contributed by atoms with Gasteiger partial charge in [-0.15, -0.1) is 0 Å². The van der Waals surface area contributed by atoms with E-state index in [0.717, 1.165) is 13.0 Å². The first-order valence-corrected chi connectivity index (χ1v) is 7.84. The molecule has 6 heteroatoms. The quantitative estimate of drug-likeness (QED) is 0.726. The maximum Gasteiger partial charge on any atom is 0.151 e. The van der Waals surface area contributed by atoms with Gasteiger partial charge in [0.2, 0.25) is 0 Å². The molecule has 17 heavy (non-hydrogen) atoms. The van der Waals surface area contributed by atoms with Gasteiger partial charge in [0.1, 0.15) is 6.04 Å². The molecule has 0 aromatic rings. The number of nitrogens with zero attached hydrogens (tertiary/aromatic N) is 2. The number of likely N-dealkylation sites (N-methyl/N-ethyl adjacent to an activating group) is 1. The summed E-state index contributed by atoms with van der Waals surface area (Å²) in [6.07, 6.45) is 1.67. The Labute approximate surface area is 104 Å². The smallest absolute Gasteiger partial charge is 0.151 e. The van der Waals surface area contributed by atoms with E-state index >= 15 is 0 Å². The molecule has 2 atom stereocenters. The Morgan fingerprint density at radius 2 is 2.29 bits per heavy atom. The number of rotatable bonds is 6. The Hall–Kier alpha value is -0.640. The van der Waals surface area contributed by atoms with Crippen molar-refractivity contribution in [1.82, 2.24) is 10.2 Å². The SMILES string of the molecule is CCCNC(C#N)CN(C)C1CCS(=O)(=O)C1. The van der Waals surface area contributed by atoms with Crippen molar-refractivity contribution in [3.8, 4) is 6.07 Å². The summed E-state index contributed by atoms with van der Waals surface area (Å²) in [7, 11) is -0.953. The summed E-state index contributed by atoms with van der Waals surface area (Å²) in [4.78, 5) is 1.99. The molecule has 0 spiro atoms. The lowest BCUT2D eigenvalue weighted by Crippen LogP contribution is -2.43. The fourth-order valence-corrected chi connectivity index (χ4v) is 3.83. The molecule has 1 N–H and O–H groups in total. The standard InChI is InChI=1S/C11H21N3O2S/c1-3-5-13-10(7-12)8-14(2)11-4-6-17(15,16)9-11/h10-11,13H,3-6,8-9H2,1-2H3. The fourth-order valence-electron chi connectivity index (χ4n) is 2.03. The maximum atomic E-state index is 11.4. The van der Waals surface area contributed by atoms with Gasteiger partial charge in [0.15, 0.2) is 9.84 Å². The number of nitriles is 1. The Kier molecular flexibility index (Phi) is 5.37. The monoisotopic (exact) mass is 259 g/mol. The van der Waals surface area contributed by atoms with Crippen molar-refractivity contribution in [1.29, 1.82) is 5.26 Å². The van der Waals surface area contributed by atoms with E-state index in [2.05, 4.69) is 18.3 Å². The third kappa shape index (κ3) is 4.62. The molecule has 0 aromatic heterocycles. The van der Waals surface area contributed by atoms with E-state index in [0.29, 0.717) is 13.0 Å². The topological polar surface area (TPSA) is 73.2 Å². The molecule has 0 aromatic carbocycles. The number of sulfone groups is 1. The Balaban J connectivity index is 2.43. The molecular formula is C11H21N3O2S. The maximum absolute atomic E-state index is 11.4. The van der Waals surface area contributed by atoms with E-state index in [1.165, 1.54) is 0 Å². The minimum absolute atomic E-state index is 0.0688. The lowest BCUT2D eigenvalue weighted by Gasteiger charge is -2.25. The van der Waals surface area contributed by atoms with Crippen LogP contribution in [-0.4, -0.2) is 57.0 Å². The zero-order valence-corrected chi connectivity index (χ0v) is 11.3. The average molecular weight is 259 g/mol. The van der Waals surface area contributed by atoms with Crippen LogP contribution in [0, 0.1) is 11.3 Å². The van der Waals surface area contributed by atoms with Crippen LogP contribution in [-0.2, 0) is 9.84 Å². The lowest BCUT2D eigenvalue weighted by molar-refractivity contribution is 0.247. The summed E-state index contributed by atoms with van der Waals surface area (Å²) in [5.41, 5.74) is 0. The normalized spacial score (nSPS) is 24.7. The van der Waals surface area contributed by atoms with Crippen molar-refractivity contribution >= 4 is 9.84 Å². The summed E-state index contributed by atoms with van der Waals surface area (Å²) in [5, 5.41) is 12.1. The van der Waals surface area contributed by atoms with Crippen molar-refractivity contribution in [2.45, 2.75) is 31.8 Å². The minimum atomic E-state index is -2.84. The molecular weight excluding hydrogens is 238 g/mol. The highest BCUT2D eigenvalue weighted by Gasteiger charge is 2.31. The van der Waals surface area contributed by atoms with E-state index in [4.69, 9.17) is 5.26 Å². The third-order valence-electron chi connectivity index (χ3n) is 3.10. The number of hydrogen-bond donors (Lipinski definition) is 1. The fraction of sp³-hybridized carbons (Fsp3) is 0.909. The van der Waals surface area contributed by atoms with Crippen LogP contribution in [0.15, 0.2) is 0 Å². The molecule has 2 unspecified atom stereocenters. The molecule has 1 heterocycles. The summed E-state index contributed by atoms with van der Waals surface area (Å²) in [6.45, 7) is 3.44. The van der Waals surface area contributed by atoms with Gasteiger partial charge in [-0.25, -0.2) is 8.42 Å². The van der Waals surface area contributed by atoms with Gasteiger partial charge in [0, 0.05) is 12.6 Å². The van der Waals surface area contributed by atoms with Crippen LogP contribution < -0.4 is 5.32 Å². The Morgan fingerprint density at radius 1 is 1.59 bits per heavy atom. The highest BCUT2D eigenvalue weighted by atomic mass is 32.2. The van der Waals surface area contributed by atoms with Gasteiger partial charge in [0.25, 0.3) is 0 Å². The number of nitrogens with one attached hydrogen (secondary N) is 1. The first-order chi connectivity index (χ1) is 7.98. The number of hydrogen-bond acceptors (Lipinski definition) is 5. The zero-order chi connectivity index (χ0) is 12.9. The van der Waals surface area contributed by atoms with Gasteiger partial charge >= 0.3 is 0 Å². The zero-order valence-electron chi connectivity index (χ0n) is 10.5. The molecule has 0 radical (unpaired) electrons. The molecule has 1 rings (SSSR count). The molecule has 5 nitrogen and oxygen atoms in total. The third-order valence-corrected chi connectivity index (χ3v) is 4.85. The second kappa shape index (κ2) is 6.34. The molecule has 1 aliphatic rings. The van der Waals surface area contributed by atoms with Gasteiger partial charge < -0.3 is 5.32 Å². The van der Waals surface area contributed by atoms with E-state index in [1.54, 1.807) is 0 Å². The largest absolute Gasteiger partial charge is 0.301 e. The van der Waals surface area contributed by atoms with Crippen molar-refractivity contribution < 1.29 is 8.42 Å². The van der Waals surface area contributed by atoms with Crippen molar-refractivity contribution in [3.63, 3.8) is 0 Å². The predicted octanol–water partition coefficient (Wildman–Crippen LogP) is -0.00292. The second-order valence-corrected chi connectivity index (χ2v) is 6.86. The van der Waals surface area contributed by atoms with Crippen LogP contribution in [0.4, 0.5) is 0 Å². The van der Waals surface area contributed by atoms with Gasteiger partial charge in [-0.3, -0.25) is 4.90 Å². The van der Waals surface area contributed by atoms with Crippen LogP contribution in [0.25, 0.3) is 0 Å². The second-order valence-electron chi connectivity index (χ2n) is 4.63. The van der Waals surface area contributed by atoms with Crippen LogP contribution in [0.2, 0.25) is 0 Å². The first-order valence-electron chi connectivity index (χ1n) is 6.02. The highest BCUT2D eigenvalue weighted by molar-refractivity contribution is 7.91. The van der Waals surface area contributed by atoms with E-state index < -0.39 is 9.84 Å². The summed E-state index contributed by atoms with van der Waals surface area (Å²) in [6, 6.07) is 2.06. The van der Waals surface area contributed by atoms with Crippen LogP contribution in [0.3, 0.4) is 0 Å². The molecule has 0 amide bonds. The van der Waals surface area contributed by atoms with Crippen LogP contribution in [0.5, 0.6) is 0 Å². The minimum Gasteiger partial charge on any atom is -0.301 e. The van der Waals surface area contributed by atoms with Crippen LogP contribution >= 0.6 is 0 Å². The van der Waals surface area contributed by atoms with Crippen molar-refractivity contribution in [3.05, 3.63) is 0 Å². The summed E-state index contributed by atoms with van der Waals surface area (Å²) in [5.74, 6) is 0.511. The van der Waals surface area contributed by atoms with Gasteiger partial charge in [-0.1, -0.05) is 6.92 Å². The van der Waals surface area contributed by atoms with E-state index in [1.807, 2.05) is 11.9 Å². The van der Waals surface area contributed by atoms with Crippen molar-refractivity contribution in [2.24, 2.45) is 0 Å². The summed E-state index contributed by atoms with van der Waals surface area (Å²) >= 11 is 0. The van der Waals surface area contributed by atoms with Crippen LogP contribution in [0.1, 0.15) is 19.8 Å². The van der Waals surface area contributed by atoms with E-state index in [-0.39, 0.29) is 23.6 Å². The molecule has 0 aliphatic carbocycles. The average Bonchev–Trinajstić information content (AvgIpc) is 2.64. The molecule has 1 fully saturated rings. The highest BCUT2D eigenvalue weighted by Crippen LogP contribution is 2.16.